The number of benzene rings is 3. The zero-order valence-corrected chi connectivity index (χ0v) is 24.5. The molecule has 1 unspecified atom stereocenters. The minimum absolute atomic E-state index is 0.00720. The number of para-hydroxylation sites is 1. The number of halogens is 1. The van der Waals surface area contributed by atoms with Crippen molar-refractivity contribution < 1.29 is 19.5 Å². The number of carboxylic acid groups (broad SMARTS) is 1. The van der Waals surface area contributed by atoms with Crippen LogP contribution in [0, 0.1) is 5.41 Å². The summed E-state index contributed by atoms with van der Waals surface area (Å²) in [7, 11) is 0. The highest BCUT2D eigenvalue weighted by atomic mass is 35.5. The summed E-state index contributed by atoms with van der Waals surface area (Å²) < 4.78 is 0. The zero-order chi connectivity index (χ0) is 29.2. The molecular weight excluding hydrogens is 524 g/mol. The minimum Gasteiger partial charge on any atom is -0.481 e. The summed E-state index contributed by atoms with van der Waals surface area (Å²) in [5, 5.41) is 10.3. The van der Waals surface area contributed by atoms with E-state index in [0.29, 0.717) is 30.0 Å². The molecule has 0 bridgehead atoms. The zero-order valence-electron chi connectivity index (χ0n) is 23.7. The van der Waals surface area contributed by atoms with Gasteiger partial charge < -0.3 is 14.9 Å². The fourth-order valence-corrected chi connectivity index (χ4v) is 6.07. The Hall–Kier alpha value is -3.64. The number of carbonyl (C=O) groups is 3. The average Bonchev–Trinajstić information content (AvgIpc) is 2.94. The number of rotatable bonds is 8. The van der Waals surface area contributed by atoms with Gasteiger partial charge in [-0.3, -0.25) is 14.4 Å². The van der Waals surface area contributed by atoms with Crippen molar-refractivity contribution in [2.45, 2.75) is 65.3 Å². The van der Waals surface area contributed by atoms with Crippen LogP contribution in [0.15, 0.2) is 72.8 Å². The molecule has 0 saturated heterocycles. The number of carbonyl (C=O) groups excluding carboxylic acids is 2. The topological polar surface area (TPSA) is 77.9 Å². The third-order valence-corrected chi connectivity index (χ3v) is 8.47. The number of carboxylic acids is 1. The quantitative estimate of drug-likeness (QED) is 0.309. The Morgan fingerprint density at radius 3 is 2.20 bits per heavy atom. The molecule has 0 spiro atoms. The van der Waals surface area contributed by atoms with Gasteiger partial charge in [0, 0.05) is 34.5 Å². The molecule has 1 aliphatic rings. The molecule has 1 heterocycles. The lowest BCUT2D eigenvalue weighted by atomic mass is 9.73. The Bertz CT molecular complexity index is 1380. The smallest absolute Gasteiger partial charge is 0.309 e. The van der Waals surface area contributed by atoms with Crippen LogP contribution in [0.2, 0.25) is 5.02 Å². The van der Waals surface area contributed by atoms with Gasteiger partial charge in [-0.1, -0.05) is 48.9 Å². The molecule has 0 radical (unpaired) electrons. The molecule has 0 aliphatic carbocycles. The fourth-order valence-electron chi connectivity index (χ4n) is 5.94. The van der Waals surface area contributed by atoms with Crippen LogP contribution in [0.3, 0.4) is 0 Å². The summed E-state index contributed by atoms with van der Waals surface area (Å²) in [5.41, 5.74) is 2.84. The predicted octanol–water partition coefficient (Wildman–Crippen LogP) is 7.52. The van der Waals surface area contributed by atoms with E-state index in [1.807, 2.05) is 69.3 Å². The largest absolute Gasteiger partial charge is 0.481 e. The van der Waals surface area contributed by atoms with Crippen LogP contribution in [-0.4, -0.2) is 35.5 Å². The van der Waals surface area contributed by atoms with Gasteiger partial charge in [-0.15, -0.1) is 0 Å². The number of aliphatic carboxylic acids is 1. The summed E-state index contributed by atoms with van der Waals surface area (Å²) in [6.07, 6.45) is 1.16. The second kappa shape index (κ2) is 11.8. The molecule has 7 heteroatoms. The van der Waals surface area contributed by atoms with Crippen LogP contribution in [0.5, 0.6) is 0 Å². The first-order chi connectivity index (χ1) is 19.0. The van der Waals surface area contributed by atoms with Gasteiger partial charge in [0.1, 0.15) is 0 Å². The van der Waals surface area contributed by atoms with Crippen LogP contribution in [0.4, 0.5) is 11.4 Å². The van der Waals surface area contributed by atoms with Crippen LogP contribution in [0.25, 0.3) is 0 Å². The summed E-state index contributed by atoms with van der Waals surface area (Å²) in [5.74, 6) is -1.57. The van der Waals surface area contributed by atoms with Gasteiger partial charge in [0.25, 0.3) is 5.91 Å². The van der Waals surface area contributed by atoms with Crippen molar-refractivity contribution in [2.75, 3.05) is 16.3 Å². The molecule has 4 rings (SSSR count). The summed E-state index contributed by atoms with van der Waals surface area (Å²) in [6.45, 7) is 9.89. The predicted molar refractivity (Wildman–Crippen MR) is 160 cm³/mol. The first-order valence-electron chi connectivity index (χ1n) is 13.8. The maximum atomic E-state index is 13.9. The molecule has 2 amide bonds. The van der Waals surface area contributed by atoms with E-state index in [4.69, 9.17) is 11.6 Å². The van der Waals surface area contributed by atoms with Gasteiger partial charge in [0.05, 0.1) is 11.3 Å². The Balaban J connectivity index is 1.64. The van der Waals surface area contributed by atoms with Crippen LogP contribution in [0.1, 0.15) is 80.8 Å². The Kier molecular flexibility index (Phi) is 8.69. The number of fused-ring (bicyclic) bond motifs is 1. The van der Waals surface area contributed by atoms with Gasteiger partial charge in [-0.25, -0.2) is 0 Å². The lowest BCUT2D eigenvalue weighted by molar-refractivity contribution is -0.148. The highest BCUT2D eigenvalue weighted by Gasteiger charge is 2.39. The van der Waals surface area contributed by atoms with Gasteiger partial charge in [0.2, 0.25) is 5.91 Å². The van der Waals surface area contributed by atoms with Gasteiger partial charge >= 0.3 is 5.97 Å². The van der Waals surface area contributed by atoms with Crippen molar-refractivity contribution in [3.63, 3.8) is 0 Å². The Labute approximate surface area is 241 Å². The van der Waals surface area contributed by atoms with Crippen LogP contribution >= 0.6 is 11.6 Å². The monoisotopic (exact) mass is 560 g/mol. The van der Waals surface area contributed by atoms with Crippen LogP contribution in [-0.2, 0) is 9.59 Å². The fraction of sp³-hybridized carbons (Fsp3) is 0.364. The number of anilines is 2. The molecule has 210 valence electrons. The number of hydrogen-bond acceptors (Lipinski definition) is 3. The van der Waals surface area contributed by atoms with E-state index in [1.54, 1.807) is 47.9 Å². The third-order valence-electron chi connectivity index (χ3n) is 8.22. The SMILES string of the molecule is CCC(c1ccc(C(=O)N2c3ccccc3[C@@H](C(=O)N(CC)c3ccc(Cl)cc3)C[C@@H]2C)cc1)C(C)(C)C(=O)O. The van der Waals surface area contributed by atoms with Gasteiger partial charge in [-0.05, 0) is 100 Å². The molecule has 3 atom stereocenters. The number of amides is 2. The molecule has 1 N–H and O–H groups in total. The van der Waals surface area contributed by atoms with Crippen molar-refractivity contribution >= 4 is 40.8 Å². The van der Waals surface area contributed by atoms with Crippen molar-refractivity contribution in [1.29, 1.82) is 0 Å². The van der Waals surface area contributed by atoms with Gasteiger partial charge in [-0.2, -0.15) is 0 Å². The molecule has 1 aliphatic heterocycles. The average molecular weight is 561 g/mol. The van der Waals surface area contributed by atoms with E-state index in [-0.39, 0.29) is 23.8 Å². The van der Waals surface area contributed by atoms with Crippen molar-refractivity contribution in [2.24, 2.45) is 5.41 Å². The maximum Gasteiger partial charge on any atom is 0.309 e. The molecule has 40 heavy (non-hydrogen) atoms. The second-order valence-corrected chi connectivity index (χ2v) is 11.5. The number of likely N-dealkylation sites (N-methyl/N-ethyl adjacent to an activating group) is 1. The molecule has 6 nitrogen and oxygen atoms in total. The normalized spacial score (nSPS) is 17.6. The van der Waals surface area contributed by atoms with E-state index >= 15 is 0 Å². The highest BCUT2D eigenvalue weighted by molar-refractivity contribution is 6.30. The van der Waals surface area contributed by atoms with E-state index in [0.717, 1.165) is 22.5 Å². The van der Waals surface area contributed by atoms with E-state index in [9.17, 15) is 19.5 Å². The summed E-state index contributed by atoms with van der Waals surface area (Å²) >= 11 is 6.07. The molecule has 3 aromatic carbocycles. The number of hydrogen-bond donors (Lipinski definition) is 1. The lowest BCUT2D eigenvalue weighted by Gasteiger charge is -2.40. The molecule has 0 aromatic heterocycles. The Morgan fingerprint density at radius 1 is 1.00 bits per heavy atom. The Morgan fingerprint density at radius 2 is 1.62 bits per heavy atom. The van der Waals surface area contributed by atoms with E-state index in [1.165, 1.54) is 0 Å². The molecule has 0 saturated carbocycles. The molecule has 3 aromatic rings. The number of nitrogens with zero attached hydrogens (tertiary/aromatic N) is 2. The van der Waals surface area contributed by atoms with Crippen molar-refractivity contribution in [3.05, 3.63) is 94.5 Å². The first kappa shape index (κ1) is 29.3. The lowest BCUT2D eigenvalue weighted by Crippen LogP contribution is -2.46. The van der Waals surface area contributed by atoms with E-state index in [2.05, 4.69) is 0 Å². The third kappa shape index (κ3) is 5.50. The van der Waals surface area contributed by atoms with E-state index < -0.39 is 17.3 Å². The summed E-state index contributed by atoms with van der Waals surface area (Å²) in [4.78, 5) is 43.2. The highest BCUT2D eigenvalue weighted by Crippen LogP contribution is 2.42. The minimum atomic E-state index is -0.930. The van der Waals surface area contributed by atoms with Crippen LogP contribution < -0.4 is 9.80 Å². The standard InChI is InChI=1S/C33H37ClN2O4/c1-6-28(33(4,5)32(39)40)22-12-14-23(15-13-22)30(37)36-21(3)20-27(26-10-8-9-11-29(26)36)31(38)35(7-2)25-18-16-24(34)17-19-25/h8-19,21,27-28H,6-7,20H2,1-5H3,(H,39,40)/t21-,27-,28?/m0/s1. The second-order valence-electron chi connectivity index (χ2n) is 11.0. The molecular formula is C33H37ClN2O4. The first-order valence-corrected chi connectivity index (χ1v) is 14.2. The van der Waals surface area contributed by atoms with Gasteiger partial charge in [0.15, 0.2) is 0 Å². The maximum absolute atomic E-state index is 13.9. The summed E-state index contributed by atoms with van der Waals surface area (Å²) in [6, 6.07) is 22.0. The van der Waals surface area contributed by atoms with Crippen molar-refractivity contribution in [3.8, 4) is 0 Å². The molecule has 0 fully saturated rings. The van der Waals surface area contributed by atoms with Crippen molar-refractivity contribution in [1.82, 2.24) is 0 Å².